The number of pyridine rings is 1. The molecule has 0 spiro atoms. The van der Waals surface area contributed by atoms with Crippen molar-refractivity contribution >= 4 is 27.3 Å². The number of carbonyl (C=O) groups is 1. The van der Waals surface area contributed by atoms with Gasteiger partial charge in [-0.25, -0.2) is 8.42 Å². The average molecular weight is 526 g/mol. The minimum Gasteiger partial charge on any atom is -0.335 e. The van der Waals surface area contributed by atoms with Crippen LogP contribution in [0.15, 0.2) is 78.0 Å². The van der Waals surface area contributed by atoms with Crippen molar-refractivity contribution in [3.05, 3.63) is 94.8 Å². The minimum absolute atomic E-state index is 0.0506. The first-order chi connectivity index (χ1) is 17.2. The molecule has 1 heterocycles. The fourth-order valence-corrected chi connectivity index (χ4v) is 6.06. The van der Waals surface area contributed by atoms with Crippen LogP contribution in [0, 0.1) is 0 Å². The lowest BCUT2D eigenvalue weighted by Crippen LogP contribution is -2.48. The molecule has 1 fully saturated rings. The number of amides is 1. The van der Waals surface area contributed by atoms with Crippen molar-refractivity contribution in [1.29, 1.82) is 0 Å². The van der Waals surface area contributed by atoms with E-state index in [2.05, 4.69) is 11.1 Å². The van der Waals surface area contributed by atoms with Crippen molar-refractivity contribution in [1.82, 2.24) is 9.88 Å². The second kappa shape index (κ2) is 11.1. The van der Waals surface area contributed by atoms with Gasteiger partial charge in [-0.15, -0.1) is 0 Å². The highest BCUT2D eigenvalue weighted by atomic mass is 35.5. The fraction of sp³-hybridized carbons (Fsp3) is 0.357. The summed E-state index contributed by atoms with van der Waals surface area (Å²) >= 11 is 6.27. The Hall–Kier alpha value is -2.74. The summed E-state index contributed by atoms with van der Waals surface area (Å²) in [4.78, 5) is 19.9. The Morgan fingerprint density at radius 1 is 1.11 bits per heavy atom. The van der Waals surface area contributed by atoms with Crippen molar-refractivity contribution in [2.45, 2.75) is 48.5 Å². The first kappa shape index (κ1) is 26.3. The first-order valence-electron chi connectivity index (χ1n) is 12.2. The van der Waals surface area contributed by atoms with E-state index in [1.54, 1.807) is 42.7 Å². The van der Waals surface area contributed by atoms with Crippen LogP contribution in [0.2, 0.25) is 5.02 Å². The summed E-state index contributed by atoms with van der Waals surface area (Å²) in [6, 6.07) is 18.5. The molecule has 2 aromatic carbocycles. The third-order valence-corrected chi connectivity index (χ3v) is 8.66. The largest absolute Gasteiger partial charge is 0.335 e. The normalized spacial score (nSPS) is 20.1. The molecule has 0 aliphatic heterocycles. The van der Waals surface area contributed by atoms with Crippen molar-refractivity contribution < 1.29 is 13.2 Å². The van der Waals surface area contributed by atoms with Crippen LogP contribution in [-0.2, 0) is 21.7 Å². The molecule has 0 saturated heterocycles. The smallest absolute Gasteiger partial charge is 0.255 e. The van der Waals surface area contributed by atoms with Crippen LogP contribution in [0.4, 0.5) is 0 Å². The van der Waals surface area contributed by atoms with E-state index in [1.807, 2.05) is 29.2 Å². The molecule has 0 radical (unpaired) electrons. The second-order valence-corrected chi connectivity index (χ2v) is 12.1. The van der Waals surface area contributed by atoms with Gasteiger partial charge in [0.05, 0.1) is 10.5 Å². The number of hydrogen-bond acceptors (Lipinski definition) is 5. The molecule has 0 atom stereocenters. The van der Waals surface area contributed by atoms with Gasteiger partial charge in [-0.05, 0) is 79.6 Å². The molecule has 1 aromatic heterocycles. The van der Waals surface area contributed by atoms with Gasteiger partial charge in [0.2, 0.25) is 0 Å². The monoisotopic (exact) mass is 525 g/mol. The maximum Gasteiger partial charge on any atom is 0.255 e. The van der Waals surface area contributed by atoms with Gasteiger partial charge in [0, 0.05) is 48.2 Å². The van der Waals surface area contributed by atoms with E-state index in [0.717, 1.165) is 36.8 Å². The molecule has 0 unspecified atom stereocenters. The standard InChI is InChI=1S/C28H32ClN3O3S/c1-36(34,35)26-9-2-5-21(17-26)12-16-32(27(33)22-6-4-15-31-19-22)25-10-13-28(20-30,14-11-25)23-7-3-8-24(29)18-23/h2-9,15,17-19,25H,10-14,16,20,30H2,1H3. The third-order valence-electron chi connectivity index (χ3n) is 7.32. The van der Waals surface area contributed by atoms with Crippen LogP contribution >= 0.6 is 11.6 Å². The number of aromatic nitrogens is 1. The number of nitrogens with two attached hydrogens (primary N) is 1. The molecular weight excluding hydrogens is 494 g/mol. The van der Waals surface area contributed by atoms with Crippen LogP contribution in [-0.4, -0.2) is 49.6 Å². The Balaban J connectivity index is 1.55. The van der Waals surface area contributed by atoms with Gasteiger partial charge in [-0.3, -0.25) is 9.78 Å². The van der Waals surface area contributed by atoms with Crippen LogP contribution in [0.25, 0.3) is 0 Å². The molecule has 0 bridgehead atoms. The maximum atomic E-state index is 13.6. The highest BCUT2D eigenvalue weighted by Gasteiger charge is 2.38. The molecule has 1 aliphatic carbocycles. The van der Waals surface area contributed by atoms with Crippen LogP contribution < -0.4 is 5.73 Å². The Morgan fingerprint density at radius 2 is 1.86 bits per heavy atom. The SMILES string of the molecule is CS(=O)(=O)c1cccc(CCN(C(=O)c2cccnc2)C2CCC(CN)(c3cccc(Cl)c3)CC2)c1. The molecule has 1 amide bonds. The third kappa shape index (κ3) is 5.97. The van der Waals surface area contributed by atoms with Gasteiger partial charge in [0.15, 0.2) is 9.84 Å². The molecule has 1 aliphatic rings. The first-order valence-corrected chi connectivity index (χ1v) is 14.4. The summed E-state index contributed by atoms with van der Waals surface area (Å²) in [5.74, 6) is -0.0598. The Kier molecular flexibility index (Phi) is 8.13. The molecular formula is C28H32ClN3O3S. The number of halogens is 1. The van der Waals surface area contributed by atoms with Gasteiger partial charge in [0.25, 0.3) is 5.91 Å². The molecule has 2 N–H and O–H groups in total. The van der Waals surface area contributed by atoms with E-state index in [-0.39, 0.29) is 22.3 Å². The molecule has 4 rings (SSSR count). The summed E-state index contributed by atoms with van der Waals surface area (Å²) < 4.78 is 24.0. The average Bonchev–Trinajstić information content (AvgIpc) is 2.89. The van der Waals surface area contributed by atoms with Crippen molar-refractivity contribution in [2.75, 3.05) is 19.3 Å². The van der Waals surface area contributed by atoms with Crippen LogP contribution in [0.5, 0.6) is 0 Å². The number of benzene rings is 2. The Morgan fingerprint density at radius 3 is 2.50 bits per heavy atom. The lowest BCUT2D eigenvalue weighted by atomic mass is 9.68. The molecule has 190 valence electrons. The highest BCUT2D eigenvalue weighted by molar-refractivity contribution is 7.90. The van der Waals surface area contributed by atoms with Gasteiger partial charge >= 0.3 is 0 Å². The van der Waals surface area contributed by atoms with E-state index < -0.39 is 9.84 Å². The summed E-state index contributed by atoms with van der Waals surface area (Å²) in [5, 5.41) is 0.701. The van der Waals surface area contributed by atoms with E-state index >= 15 is 0 Å². The highest BCUT2D eigenvalue weighted by Crippen LogP contribution is 2.41. The van der Waals surface area contributed by atoms with Crippen LogP contribution in [0.1, 0.15) is 47.2 Å². The Labute approximate surface area is 218 Å². The number of sulfone groups is 1. The molecule has 1 saturated carbocycles. The van der Waals surface area contributed by atoms with Gasteiger partial charge in [-0.2, -0.15) is 0 Å². The zero-order chi connectivity index (χ0) is 25.8. The van der Waals surface area contributed by atoms with Gasteiger partial charge in [-0.1, -0.05) is 35.9 Å². The predicted octanol–water partition coefficient (Wildman–Crippen LogP) is 4.66. The molecule has 8 heteroatoms. The summed E-state index contributed by atoms with van der Waals surface area (Å²) in [6.07, 6.45) is 8.36. The van der Waals surface area contributed by atoms with E-state index in [4.69, 9.17) is 17.3 Å². The van der Waals surface area contributed by atoms with E-state index in [1.165, 1.54) is 6.26 Å². The topological polar surface area (TPSA) is 93.4 Å². The number of rotatable bonds is 8. The predicted molar refractivity (Wildman–Crippen MR) is 143 cm³/mol. The van der Waals surface area contributed by atoms with Crippen LogP contribution in [0.3, 0.4) is 0 Å². The molecule has 36 heavy (non-hydrogen) atoms. The second-order valence-electron chi connectivity index (χ2n) is 9.64. The number of hydrogen-bond donors (Lipinski definition) is 1. The molecule has 6 nitrogen and oxygen atoms in total. The maximum absolute atomic E-state index is 13.6. The lowest BCUT2D eigenvalue weighted by Gasteiger charge is -2.43. The summed E-state index contributed by atoms with van der Waals surface area (Å²) in [5.41, 5.74) is 8.72. The quantitative estimate of drug-likeness (QED) is 0.461. The molecule has 3 aromatic rings. The van der Waals surface area contributed by atoms with Crippen molar-refractivity contribution in [3.63, 3.8) is 0 Å². The van der Waals surface area contributed by atoms with E-state index in [0.29, 0.717) is 30.1 Å². The Bertz CT molecular complexity index is 1310. The lowest BCUT2D eigenvalue weighted by molar-refractivity contribution is 0.0597. The number of nitrogens with zero attached hydrogens (tertiary/aromatic N) is 2. The fourth-order valence-electron chi connectivity index (χ4n) is 5.18. The van der Waals surface area contributed by atoms with Gasteiger partial charge in [0.1, 0.15) is 0 Å². The summed E-state index contributed by atoms with van der Waals surface area (Å²) in [6.45, 7) is 1.01. The van der Waals surface area contributed by atoms with E-state index in [9.17, 15) is 13.2 Å². The zero-order valence-electron chi connectivity index (χ0n) is 20.4. The van der Waals surface area contributed by atoms with Crippen molar-refractivity contribution in [2.24, 2.45) is 5.73 Å². The minimum atomic E-state index is -3.30. The van der Waals surface area contributed by atoms with Gasteiger partial charge < -0.3 is 10.6 Å². The number of carbonyl (C=O) groups excluding carboxylic acids is 1. The zero-order valence-corrected chi connectivity index (χ0v) is 22.0. The van der Waals surface area contributed by atoms with Crippen molar-refractivity contribution in [3.8, 4) is 0 Å². The summed E-state index contributed by atoms with van der Waals surface area (Å²) in [7, 11) is -3.30.